The molecule has 0 radical (unpaired) electrons. The summed E-state index contributed by atoms with van der Waals surface area (Å²) < 4.78 is 27.1. The van der Waals surface area contributed by atoms with Gasteiger partial charge in [0.2, 0.25) is 0 Å². The Morgan fingerprint density at radius 1 is 0.964 bits per heavy atom. The van der Waals surface area contributed by atoms with E-state index in [-0.39, 0.29) is 0 Å². The van der Waals surface area contributed by atoms with Crippen molar-refractivity contribution in [1.29, 1.82) is 0 Å². The maximum atomic E-state index is 13.5. The molecule has 4 aromatic rings. The Hall–Kier alpha value is -2.75. The number of benzene rings is 3. The average molecular weight is 378 g/mol. The van der Waals surface area contributed by atoms with Crippen molar-refractivity contribution in [2.75, 3.05) is 0 Å². The molecule has 0 aliphatic carbocycles. The number of fused-ring (bicyclic) bond motifs is 2. The lowest BCUT2D eigenvalue weighted by atomic mass is 9.87. The minimum absolute atomic E-state index is 0.299. The number of aromatic amines is 1. The minimum Gasteiger partial charge on any atom is -0.342 e. The fourth-order valence-electron chi connectivity index (χ4n) is 4.00. The van der Waals surface area contributed by atoms with E-state index in [1.807, 2.05) is 0 Å². The maximum absolute atomic E-state index is 13.5. The monoisotopic (exact) mass is 378 g/mol. The van der Waals surface area contributed by atoms with Crippen molar-refractivity contribution in [3.05, 3.63) is 77.6 Å². The van der Waals surface area contributed by atoms with Crippen molar-refractivity contribution in [3.63, 3.8) is 0 Å². The van der Waals surface area contributed by atoms with Gasteiger partial charge >= 0.3 is 0 Å². The van der Waals surface area contributed by atoms with Crippen LogP contribution in [0.3, 0.4) is 0 Å². The van der Waals surface area contributed by atoms with E-state index in [9.17, 15) is 8.78 Å². The standard InChI is InChI=1S/C24H24F2N2/c1-2-3-4-9-17(19-12-7-10-16-8-5-6-11-18(16)19)13-24-27-22-14-20(25)21(26)15-23(22)28-24/h5-8,10-12,14-15,17H,2-4,9,13H2,1H3,(H,27,28). The number of halogens is 2. The van der Waals surface area contributed by atoms with Crippen molar-refractivity contribution < 1.29 is 8.78 Å². The first-order valence-corrected chi connectivity index (χ1v) is 9.97. The highest BCUT2D eigenvalue weighted by Gasteiger charge is 2.18. The Bertz CT molecular complexity index is 1060. The van der Waals surface area contributed by atoms with E-state index in [0.29, 0.717) is 17.0 Å². The Morgan fingerprint density at radius 3 is 2.61 bits per heavy atom. The lowest BCUT2D eigenvalue weighted by Gasteiger charge is -2.18. The summed E-state index contributed by atoms with van der Waals surface area (Å²) in [6.07, 6.45) is 5.29. The molecule has 1 aromatic heterocycles. The van der Waals surface area contributed by atoms with E-state index < -0.39 is 11.6 Å². The molecular formula is C24H24F2N2. The van der Waals surface area contributed by atoms with E-state index >= 15 is 0 Å². The molecular weight excluding hydrogens is 354 g/mol. The lowest BCUT2D eigenvalue weighted by molar-refractivity contribution is 0.510. The summed E-state index contributed by atoms with van der Waals surface area (Å²) in [7, 11) is 0. The SMILES string of the molecule is CCCCCC(Cc1nc2cc(F)c(F)cc2[nH]1)c1cccc2ccccc12. The quantitative estimate of drug-likeness (QED) is 0.348. The van der Waals surface area contributed by atoms with Gasteiger partial charge in [-0.25, -0.2) is 13.8 Å². The van der Waals surface area contributed by atoms with Crippen LogP contribution < -0.4 is 0 Å². The highest BCUT2D eigenvalue weighted by atomic mass is 19.2. The van der Waals surface area contributed by atoms with Gasteiger partial charge < -0.3 is 4.98 Å². The molecule has 1 N–H and O–H groups in total. The predicted molar refractivity (Wildman–Crippen MR) is 111 cm³/mol. The van der Waals surface area contributed by atoms with Gasteiger partial charge in [0.1, 0.15) is 5.82 Å². The van der Waals surface area contributed by atoms with Crippen LogP contribution in [0.15, 0.2) is 54.6 Å². The Labute approximate surface area is 163 Å². The zero-order valence-corrected chi connectivity index (χ0v) is 16.0. The average Bonchev–Trinajstić information content (AvgIpc) is 3.08. The summed E-state index contributed by atoms with van der Waals surface area (Å²) in [5.41, 5.74) is 2.32. The van der Waals surface area contributed by atoms with Gasteiger partial charge in [0.15, 0.2) is 11.6 Å². The molecule has 0 saturated carbocycles. The summed E-state index contributed by atoms with van der Waals surface area (Å²) >= 11 is 0. The number of imidazole rings is 1. The van der Waals surface area contributed by atoms with Crippen molar-refractivity contribution in [2.24, 2.45) is 0 Å². The molecule has 0 aliphatic heterocycles. The number of hydrogen-bond acceptors (Lipinski definition) is 1. The van der Waals surface area contributed by atoms with E-state index in [1.54, 1.807) is 0 Å². The second-order valence-electron chi connectivity index (χ2n) is 7.43. The highest BCUT2D eigenvalue weighted by molar-refractivity contribution is 5.86. The number of nitrogens with one attached hydrogen (secondary N) is 1. The van der Waals surface area contributed by atoms with Gasteiger partial charge in [0.25, 0.3) is 0 Å². The zero-order chi connectivity index (χ0) is 19.5. The maximum Gasteiger partial charge on any atom is 0.161 e. The topological polar surface area (TPSA) is 28.7 Å². The molecule has 3 aromatic carbocycles. The van der Waals surface area contributed by atoms with E-state index in [2.05, 4.69) is 59.4 Å². The molecule has 2 nitrogen and oxygen atoms in total. The van der Waals surface area contributed by atoms with Gasteiger partial charge in [-0.05, 0) is 28.7 Å². The molecule has 0 saturated heterocycles. The first-order valence-electron chi connectivity index (χ1n) is 9.97. The van der Waals surface area contributed by atoms with Gasteiger partial charge in [-0.3, -0.25) is 0 Å². The number of nitrogens with zero attached hydrogens (tertiary/aromatic N) is 1. The molecule has 4 heteroatoms. The van der Waals surface area contributed by atoms with Crippen LogP contribution in [0.2, 0.25) is 0 Å². The molecule has 4 rings (SSSR count). The molecule has 1 heterocycles. The van der Waals surface area contributed by atoms with Crippen LogP contribution in [0.4, 0.5) is 8.78 Å². The highest BCUT2D eigenvalue weighted by Crippen LogP contribution is 2.32. The van der Waals surface area contributed by atoms with Gasteiger partial charge in [-0.1, -0.05) is 68.7 Å². The number of rotatable bonds is 7. The van der Waals surface area contributed by atoms with Gasteiger partial charge in [-0.2, -0.15) is 0 Å². The molecule has 0 amide bonds. The summed E-state index contributed by atoms with van der Waals surface area (Å²) in [6, 6.07) is 17.2. The van der Waals surface area contributed by atoms with Gasteiger partial charge in [0, 0.05) is 18.6 Å². The predicted octanol–water partition coefficient (Wildman–Crippen LogP) is 6.90. The van der Waals surface area contributed by atoms with Crippen LogP contribution in [0.1, 0.15) is 49.9 Å². The summed E-state index contributed by atoms with van der Waals surface area (Å²) in [4.78, 5) is 7.71. The second kappa shape index (κ2) is 8.09. The lowest BCUT2D eigenvalue weighted by Crippen LogP contribution is -2.05. The van der Waals surface area contributed by atoms with Crippen molar-refractivity contribution in [1.82, 2.24) is 9.97 Å². The van der Waals surface area contributed by atoms with Crippen molar-refractivity contribution in [3.8, 4) is 0 Å². The molecule has 0 fully saturated rings. The molecule has 28 heavy (non-hydrogen) atoms. The third-order valence-electron chi connectivity index (χ3n) is 5.43. The first kappa shape index (κ1) is 18.6. The van der Waals surface area contributed by atoms with Crippen LogP contribution in [-0.4, -0.2) is 9.97 Å². The smallest absolute Gasteiger partial charge is 0.161 e. The Kier molecular flexibility index (Phi) is 5.38. The van der Waals surface area contributed by atoms with Crippen LogP contribution in [-0.2, 0) is 6.42 Å². The molecule has 1 atom stereocenters. The Balaban J connectivity index is 1.70. The van der Waals surface area contributed by atoms with Crippen molar-refractivity contribution >= 4 is 21.8 Å². The number of hydrogen-bond donors (Lipinski definition) is 1. The second-order valence-corrected chi connectivity index (χ2v) is 7.43. The van der Waals surface area contributed by atoms with Crippen molar-refractivity contribution in [2.45, 2.75) is 44.9 Å². The normalized spacial score (nSPS) is 12.7. The molecule has 0 aliphatic rings. The molecule has 144 valence electrons. The fourth-order valence-corrected chi connectivity index (χ4v) is 4.00. The zero-order valence-electron chi connectivity index (χ0n) is 16.0. The Morgan fingerprint density at radius 2 is 1.75 bits per heavy atom. The fraction of sp³-hybridized carbons (Fsp3) is 0.292. The summed E-state index contributed by atoms with van der Waals surface area (Å²) in [5, 5.41) is 2.49. The van der Waals surface area contributed by atoms with Crippen LogP contribution in [0.25, 0.3) is 21.8 Å². The van der Waals surface area contributed by atoms with E-state index in [4.69, 9.17) is 0 Å². The molecule has 1 unspecified atom stereocenters. The number of unbranched alkanes of at least 4 members (excludes halogenated alkanes) is 2. The third kappa shape index (κ3) is 3.77. The van der Waals surface area contributed by atoms with Crippen LogP contribution >= 0.6 is 0 Å². The largest absolute Gasteiger partial charge is 0.342 e. The van der Waals surface area contributed by atoms with E-state index in [1.165, 1.54) is 35.2 Å². The minimum atomic E-state index is -0.862. The van der Waals surface area contributed by atoms with Gasteiger partial charge in [0.05, 0.1) is 11.0 Å². The van der Waals surface area contributed by atoms with Gasteiger partial charge in [-0.15, -0.1) is 0 Å². The molecule has 0 bridgehead atoms. The van der Waals surface area contributed by atoms with Crippen LogP contribution in [0, 0.1) is 11.6 Å². The third-order valence-corrected chi connectivity index (χ3v) is 5.43. The summed E-state index contributed by atoms with van der Waals surface area (Å²) in [5.74, 6) is -0.641. The molecule has 0 spiro atoms. The first-order chi connectivity index (χ1) is 13.7. The van der Waals surface area contributed by atoms with Crippen LogP contribution in [0.5, 0.6) is 0 Å². The van der Waals surface area contributed by atoms with E-state index in [0.717, 1.165) is 31.2 Å². The number of H-pyrrole nitrogens is 1. The summed E-state index contributed by atoms with van der Waals surface area (Å²) in [6.45, 7) is 2.20. The number of aromatic nitrogens is 2.